The first-order valence-electron chi connectivity index (χ1n) is 11.4. The van der Waals surface area contributed by atoms with Crippen molar-refractivity contribution in [1.82, 2.24) is 15.5 Å². The summed E-state index contributed by atoms with van der Waals surface area (Å²) in [7, 11) is 0. The van der Waals surface area contributed by atoms with E-state index in [1.807, 2.05) is 30.9 Å². The summed E-state index contributed by atoms with van der Waals surface area (Å²) in [5, 5.41) is 16.6. The molecule has 7 heteroatoms. The molecule has 2 fully saturated rings. The van der Waals surface area contributed by atoms with Gasteiger partial charge in [0.2, 0.25) is 5.91 Å². The van der Waals surface area contributed by atoms with Crippen LogP contribution in [0.1, 0.15) is 57.9 Å². The largest absolute Gasteiger partial charge is 0.504 e. The van der Waals surface area contributed by atoms with E-state index in [0.717, 1.165) is 50.4 Å². The number of hydrogen-bond donors (Lipinski definition) is 3. The number of guanidine groups is 1. The van der Waals surface area contributed by atoms with Crippen LogP contribution < -0.4 is 15.4 Å². The average Bonchev–Trinajstić information content (AvgIpc) is 3.23. The number of phenolic OH excluding ortho intramolecular Hbond substituents is 1. The second-order valence-corrected chi connectivity index (χ2v) is 8.18. The molecule has 1 aromatic carbocycles. The van der Waals surface area contributed by atoms with Gasteiger partial charge in [-0.15, -0.1) is 0 Å². The Kier molecular flexibility index (Phi) is 8.22. The summed E-state index contributed by atoms with van der Waals surface area (Å²) in [6.45, 7) is 7.24. The Morgan fingerprint density at radius 3 is 2.77 bits per heavy atom. The number of rotatable bonds is 7. The maximum Gasteiger partial charge on any atom is 0.225 e. The third kappa shape index (κ3) is 6.03. The van der Waals surface area contributed by atoms with Gasteiger partial charge in [0.25, 0.3) is 0 Å². The summed E-state index contributed by atoms with van der Waals surface area (Å²) in [6, 6.07) is 5.54. The van der Waals surface area contributed by atoms with Crippen LogP contribution in [0.5, 0.6) is 11.5 Å². The maximum atomic E-state index is 12.8. The predicted molar refractivity (Wildman–Crippen MR) is 119 cm³/mol. The Morgan fingerprint density at radius 2 is 2.03 bits per heavy atom. The van der Waals surface area contributed by atoms with Crippen LogP contribution in [0.25, 0.3) is 0 Å². The van der Waals surface area contributed by atoms with Gasteiger partial charge in [-0.1, -0.05) is 25.3 Å². The van der Waals surface area contributed by atoms with Crippen molar-refractivity contribution in [3.8, 4) is 11.5 Å². The lowest BCUT2D eigenvalue weighted by Crippen LogP contribution is -2.45. The number of amides is 1. The molecular weight excluding hydrogens is 380 g/mol. The number of phenols is 1. The van der Waals surface area contributed by atoms with E-state index >= 15 is 0 Å². The van der Waals surface area contributed by atoms with Gasteiger partial charge in [0.15, 0.2) is 17.5 Å². The molecule has 166 valence electrons. The van der Waals surface area contributed by atoms with Crippen LogP contribution in [0.15, 0.2) is 23.2 Å². The number of hydrogen-bond acceptors (Lipinski definition) is 4. The monoisotopic (exact) mass is 416 g/mol. The van der Waals surface area contributed by atoms with E-state index in [1.54, 1.807) is 6.07 Å². The molecule has 0 bridgehead atoms. The van der Waals surface area contributed by atoms with Crippen molar-refractivity contribution in [2.45, 2.75) is 65.0 Å². The molecule has 0 spiro atoms. The molecule has 3 rings (SSSR count). The van der Waals surface area contributed by atoms with Crippen molar-refractivity contribution in [2.24, 2.45) is 10.9 Å². The minimum absolute atomic E-state index is 0.142. The van der Waals surface area contributed by atoms with Crippen LogP contribution in [-0.2, 0) is 11.3 Å². The van der Waals surface area contributed by atoms with Crippen LogP contribution in [-0.4, -0.2) is 54.2 Å². The van der Waals surface area contributed by atoms with Crippen molar-refractivity contribution < 1.29 is 14.6 Å². The highest BCUT2D eigenvalue weighted by molar-refractivity contribution is 5.81. The lowest BCUT2D eigenvalue weighted by atomic mass is 9.88. The molecular formula is C23H36N4O3. The van der Waals surface area contributed by atoms with Gasteiger partial charge in [-0.3, -0.25) is 4.79 Å². The number of aromatic hydroxyl groups is 1. The molecule has 0 aromatic heterocycles. The number of benzene rings is 1. The fourth-order valence-electron chi connectivity index (χ4n) is 4.30. The first-order valence-corrected chi connectivity index (χ1v) is 11.4. The summed E-state index contributed by atoms with van der Waals surface area (Å²) in [5.74, 6) is 1.95. The number of ether oxygens (including phenoxy) is 1. The summed E-state index contributed by atoms with van der Waals surface area (Å²) in [4.78, 5) is 19.5. The molecule has 1 aromatic rings. The highest BCUT2D eigenvalue weighted by Crippen LogP contribution is 2.28. The zero-order chi connectivity index (χ0) is 21.3. The smallest absolute Gasteiger partial charge is 0.225 e. The maximum absolute atomic E-state index is 12.8. The lowest BCUT2D eigenvalue weighted by molar-refractivity contribution is -0.135. The van der Waals surface area contributed by atoms with E-state index in [2.05, 4.69) is 10.6 Å². The summed E-state index contributed by atoms with van der Waals surface area (Å²) in [6.07, 6.45) is 6.68. The highest BCUT2D eigenvalue weighted by Gasteiger charge is 2.31. The first-order chi connectivity index (χ1) is 14.6. The molecule has 1 amide bonds. The Morgan fingerprint density at radius 1 is 1.23 bits per heavy atom. The Labute approximate surface area is 179 Å². The second-order valence-electron chi connectivity index (χ2n) is 8.18. The number of likely N-dealkylation sites (tertiary alicyclic amines) is 1. The van der Waals surface area contributed by atoms with Gasteiger partial charge >= 0.3 is 0 Å². The van der Waals surface area contributed by atoms with Crippen LogP contribution >= 0.6 is 0 Å². The van der Waals surface area contributed by atoms with Gasteiger partial charge in [0.1, 0.15) is 0 Å². The van der Waals surface area contributed by atoms with Crippen molar-refractivity contribution >= 4 is 11.9 Å². The average molecular weight is 417 g/mol. The number of aliphatic imine (C=N–C) groups is 1. The van der Waals surface area contributed by atoms with E-state index in [4.69, 9.17) is 9.73 Å². The van der Waals surface area contributed by atoms with Gasteiger partial charge < -0.3 is 25.4 Å². The molecule has 1 aliphatic carbocycles. The quantitative estimate of drug-likeness (QED) is 0.470. The first kappa shape index (κ1) is 22.2. The minimum Gasteiger partial charge on any atom is -0.504 e. The van der Waals surface area contributed by atoms with Gasteiger partial charge in [-0.2, -0.15) is 0 Å². The minimum atomic E-state index is 0.142. The SMILES string of the molecule is CCNC(=NCc1ccc(O)c(OCC)c1)NC1CCN(C(=O)C2CCCCC2)C1. The molecule has 3 N–H and O–H groups in total. The van der Waals surface area contributed by atoms with E-state index in [9.17, 15) is 9.90 Å². The normalized spacial score (nSPS) is 20.3. The number of nitrogens with zero attached hydrogens (tertiary/aromatic N) is 2. The summed E-state index contributed by atoms with van der Waals surface area (Å²) >= 11 is 0. The zero-order valence-electron chi connectivity index (χ0n) is 18.3. The Hall–Kier alpha value is -2.44. The van der Waals surface area contributed by atoms with Crippen LogP contribution in [0, 0.1) is 5.92 Å². The van der Waals surface area contributed by atoms with Crippen molar-refractivity contribution in [1.29, 1.82) is 0 Å². The van der Waals surface area contributed by atoms with Crippen molar-refractivity contribution in [2.75, 3.05) is 26.2 Å². The molecule has 30 heavy (non-hydrogen) atoms. The molecule has 0 radical (unpaired) electrons. The Balaban J connectivity index is 1.56. The fourth-order valence-corrected chi connectivity index (χ4v) is 4.30. The standard InChI is InChI=1S/C23H36N4O3/c1-3-24-23(25-15-17-10-11-20(28)21(14-17)30-4-2)26-19-12-13-27(16-19)22(29)18-8-6-5-7-9-18/h10-11,14,18-19,28H,3-9,12-13,15-16H2,1-2H3,(H2,24,25,26). The molecule has 1 unspecified atom stereocenters. The van der Waals surface area contributed by atoms with E-state index < -0.39 is 0 Å². The number of nitrogens with one attached hydrogen (secondary N) is 2. The topological polar surface area (TPSA) is 86.2 Å². The molecule has 1 atom stereocenters. The zero-order valence-corrected chi connectivity index (χ0v) is 18.3. The predicted octanol–water partition coefficient (Wildman–Crippen LogP) is 3.03. The van der Waals surface area contributed by atoms with E-state index in [1.165, 1.54) is 19.3 Å². The van der Waals surface area contributed by atoms with Crippen LogP contribution in [0.2, 0.25) is 0 Å². The molecule has 2 aliphatic rings. The number of carbonyl (C=O) groups is 1. The number of carbonyl (C=O) groups excluding carboxylic acids is 1. The summed E-state index contributed by atoms with van der Waals surface area (Å²) in [5.41, 5.74) is 0.967. The van der Waals surface area contributed by atoms with Crippen LogP contribution in [0.4, 0.5) is 0 Å². The van der Waals surface area contributed by atoms with Gasteiger partial charge in [-0.25, -0.2) is 4.99 Å². The van der Waals surface area contributed by atoms with Gasteiger partial charge in [0, 0.05) is 31.6 Å². The van der Waals surface area contributed by atoms with Gasteiger partial charge in [0.05, 0.1) is 13.2 Å². The molecule has 1 heterocycles. The van der Waals surface area contributed by atoms with Gasteiger partial charge in [-0.05, 0) is 50.8 Å². The van der Waals surface area contributed by atoms with Crippen molar-refractivity contribution in [3.05, 3.63) is 23.8 Å². The third-order valence-electron chi connectivity index (χ3n) is 5.88. The second kappa shape index (κ2) is 11.1. The van der Waals surface area contributed by atoms with E-state index in [0.29, 0.717) is 24.8 Å². The van der Waals surface area contributed by atoms with Crippen LogP contribution in [0.3, 0.4) is 0 Å². The Bertz CT molecular complexity index is 731. The third-order valence-corrected chi connectivity index (χ3v) is 5.88. The highest BCUT2D eigenvalue weighted by atomic mass is 16.5. The summed E-state index contributed by atoms with van der Waals surface area (Å²) < 4.78 is 5.46. The molecule has 7 nitrogen and oxygen atoms in total. The molecule has 1 aliphatic heterocycles. The van der Waals surface area contributed by atoms with E-state index in [-0.39, 0.29) is 17.7 Å². The fraction of sp³-hybridized carbons (Fsp3) is 0.652. The molecule has 1 saturated heterocycles. The van der Waals surface area contributed by atoms with Crippen molar-refractivity contribution in [3.63, 3.8) is 0 Å². The lowest BCUT2D eigenvalue weighted by Gasteiger charge is -2.26. The molecule has 1 saturated carbocycles.